The molecule has 100 valence electrons. The Bertz CT molecular complexity index is 413. The summed E-state index contributed by atoms with van der Waals surface area (Å²) in [6.07, 6.45) is 2.62. The van der Waals surface area contributed by atoms with Gasteiger partial charge in [0.15, 0.2) is 5.82 Å². The minimum Gasteiger partial charge on any atom is -0.366 e. The lowest BCUT2D eigenvalue weighted by Gasteiger charge is -2.35. The standard InChI is InChI=1S/C11H19ClN6/c1-7-6-18(2)4-3-9(7)15-10-8(12)5-14-11(16-10)17-13/h5,7,9H,3-4,6,13H2,1-2H3,(H2,14,15,16,17). The number of nitrogens with one attached hydrogen (secondary N) is 2. The molecule has 1 aromatic heterocycles. The van der Waals surface area contributed by atoms with Gasteiger partial charge in [-0.15, -0.1) is 0 Å². The number of piperidine rings is 1. The van der Waals surface area contributed by atoms with Gasteiger partial charge in [0.1, 0.15) is 5.02 Å². The predicted octanol–water partition coefficient (Wildman–Crippen LogP) is 1.17. The van der Waals surface area contributed by atoms with Crippen LogP contribution in [0.2, 0.25) is 5.02 Å². The Balaban J connectivity index is 2.08. The largest absolute Gasteiger partial charge is 0.366 e. The molecule has 0 saturated carbocycles. The van der Waals surface area contributed by atoms with E-state index in [0.29, 0.717) is 28.7 Å². The van der Waals surface area contributed by atoms with Gasteiger partial charge in [0.25, 0.3) is 0 Å². The van der Waals surface area contributed by atoms with Crippen LogP contribution in [-0.2, 0) is 0 Å². The molecule has 6 nitrogen and oxygen atoms in total. The number of anilines is 2. The zero-order valence-electron chi connectivity index (χ0n) is 10.7. The molecule has 0 aromatic carbocycles. The molecule has 0 radical (unpaired) electrons. The molecule has 1 saturated heterocycles. The Hall–Kier alpha value is -1.11. The highest BCUT2D eigenvalue weighted by Gasteiger charge is 2.25. The van der Waals surface area contributed by atoms with E-state index in [0.717, 1.165) is 19.5 Å². The molecule has 2 unspecified atom stereocenters. The summed E-state index contributed by atoms with van der Waals surface area (Å²) in [4.78, 5) is 10.5. The summed E-state index contributed by atoms with van der Waals surface area (Å²) in [5.41, 5.74) is 2.42. The molecule has 2 rings (SSSR count). The molecular formula is C11H19ClN6. The minimum absolute atomic E-state index is 0.363. The molecule has 0 spiro atoms. The number of hydrazine groups is 1. The topological polar surface area (TPSA) is 79.1 Å². The van der Waals surface area contributed by atoms with E-state index in [4.69, 9.17) is 17.4 Å². The average Bonchev–Trinajstić information content (AvgIpc) is 2.35. The SMILES string of the molecule is CC1CN(C)CCC1Nc1nc(NN)ncc1Cl. The molecule has 1 fully saturated rings. The van der Waals surface area contributed by atoms with Gasteiger partial charge < -0.3 is 10.2 Å². The van der Waals surface area contributed by atoms with Crippen molar-refractivity contribution in [1.82, 2.24) is 14.9 Å². The second kappa shape index (κ2) is 5.69. The predicted molar refractivity (Wildman–Crippen MR) is 73.5 cm³/mol. The number of rotatable bonds is 3. The molecule has 4 N–H and O–H groups in total. The lowest BCUT2D eigenvalue weighted by Crippen LogP contribution is -2.43. The van der Waals surface area contributed by atoms with Gasteiger partial charge in [0.2, 0.25) is 5.95 Å². The first-order valence-corrected chi connectivity index (χ1v) is 6.42. The second-order valence-corrected chi connectivity index (χ2v) is 5.22. The van der Waals surface area contributed by atoms with Crippen LogP contribution in [0.1, 0.15) is 13.3 Å². The van der Waals surface area contributed by atoms with E-state index >= 15 is 0 Å². The van der Waals surface area contributed by atoms with E-state index in [1.807, 2.05) is 0 Å². The van der Waals surface area contributed by atoms with Crippen molar-refractivity contribution >= 4 is 23.4 Å². The van der Waals surface area contributed by atoms with Crippen LogP contribution in [0.15, 0.2) is 6.20 Å². The minimum atomic E-state index is 0.363. The van der Waals surface area contributed by atoms with Crippen molar-refractivity contribution in [2.24, 2.45) is 11.8 Å². The van der Waals surface area contributed by atoms with Crippen LogP contribution in [-0.4, -0.2) is 41.0 Å². The summed E-state index contributed by atoms with van der Waals surface area (Å²) in [7, 11) is 2.14. The maximum absolute atomic E-state index is 6.08. The number of likely N-dealkylation sites (tertiary alicyclic amines) is 1. The third kappa shape index (κ3) is 3.01. The Morgan fingerprint density at radius 1 is 1.56 bits per heavy atom. The molecule has 1 aromatic rings. The van der Waals surface area contributed by atoms with Crippen LogP contribution >= 0.6 is 11.6 Å². The average molecular weight is 271 g/mol. The molecule has 1 aliphatic heterocycles. The molecule has 0 aliphatic carbocycles. The number of hydrogen-bond acceptors (Lipinski definition) is 6. The highest BCUT2D eigenvalue weighted by molar-refractivity contribution is 6.32. The zero-order chi connectivity index (χ0) is 13.1. The third-order valence-corrected chi connectivity index (χ3v) is 3.58. The van der Waals surface area contributed by atoms with E-state index in [2.05, 4.69) is 39.6 Å². The van der Waals surface area contributed by atoms with Crippen LogP contribution < -0.4 is 16.6 Å². The van der Waals surface area contributed by atoms with Crippen molar-refractivity contribution in [3.63, 3.8) is 0 Å². The molecule has 0 amide bonds. The fourth-order valence-corrected chi connectivity index (χ4v) is 2.43. The van der Waals surface area contributed by atoms with Gasteiger partial charge in [-0.05, 0) is 25.9 Å². The van der Waals surface area contributed by atoms with Crippen molar-refractivity contribution in [3.8, 4) is 0 Å². The molecule has 7 heteroatoms. The summed E-state index contributed by atoms with van der Waals surface area (Å²) in [5, 5.41) is 3.90. The summed E-state index contributed by atoms with van der Waals surface area (Å²) in [5.74, 6) is 6.84. The smallest absolute Gasteiger partial charge is 0.239 e. The first-order valence-electron chi connectivity index (χ1n) is 6.04. The van der Waals surface area contributed by atoms with Crippen LogP contribution in [0.3, 0.4) is 0 Å². The third-order valence-electron chi connectivity index (χ3n) is 3.30. The highest BCUT2D eigenvalue weighted by atomic mass is 35.5. The van der Waals surface area contributed by atoms with Gasteiger partial charge in [0.05, 0.1) is 6.20 Å². The summed E-state index contributed by atoms with van der Waals surface area (Å²) >= 11 is 6.08. The number of halogens is 1. The van der Waals surface area contributed by atoms with Gasteiger partial charge in [-0.1, -0.05) is 18.5 Å². The normalized spacial score (nSPS) is 24.9. The highest BCUT2D eigenvalue weighted by Crippen LogP contribution is 2.24. The first-order chi connectivity index (χ1) is 8.60. The summed E-state index contributed by atoms with van der Waals surface area (Å²) in [6, 6.07) is 0.374. The van der Waals surface area contributed by atoms with E-state index in [9.17, 15) is 0 Å². The Morgan fingerprint density at radius 3 is 3.00 bits per heavy atom. The van der Waals surface area contributed by atoms with Crippen molar-refractivity contribution in [3.05, 3.63) is 11.2 Å². The maximum Gasteiger partial charge on any atom is 0.239 e. The van der Waals surface area contributed by atoms with E-state index in [1.165, 1.54) is 0 Å². The number of nitrogen functional groups attached to an aromatic ring is 1. The van der Waals surface area contributed by atoms with Crippen LogP contribution in [0.5, 0.6) is 0 Å². The summed E-state index contributed by atoms with van der Waals surface area (Å²) < 4.78 is 0. The number of nitrogens with two attached hydrogens (primary N) is 1. The van der Waals surface area contributed by atoms with Crippen molar-refractivity contribution in [2.45, 2.75) is 19.4 Å². The molecule has 0 bridgehead atoms. The van der Waals surface area contributed by atoms with Crippen LogP contribution in [0, 0.1) is 5.92 Å². The van der Waals surface area contributed by atoms with Gasteiger partial charge in [-0.2, -0.15) is 4.98 Å². The monoisotopic (exact) mass is 270 g/mol. The zero-order valence-corrected chi connectivity index (χ0v) is 11.4. The van der Waals surface area contributed by atoms with E-state index in [-0.39, 0.29) is 0 Å². The Labute approximate surface area is 112 Å². The fourth-order valence-electron chi connectivity index (χ4n) is 2.28. The second-order valence-electron chi connectivity index (χ2n) is 4.81. The molecular weight excluding hydrogens is 252 g/mol. The van der Waals surface area contributed by atoms with Crippen molar-refractivity contribution < 1.29 is 0 Å². The molecule has 2 atom stereocenters. The Kier molecular flexibility index (Phi) is 4.21. The Morgan fingerprint density at radius 2 is 2.33 bits per heavy atom. The van der Waals surface area contributed by atoms with Gasteiger partial charge >= 0.3 is 0 Å². The lowest BCUT2D eigenvalue weighted by atomic mass is 9.94. The lowest BCUT2D eigenvalue weighted by molar-refractivity contribution is 0.206. The van der Waals surface area contributed by atoms with E-state index < -0.39 is 0 Å². The summed E-state index contributed by atoms with van der Waals surface area (Å²) in [6.45, 7) is 4.37. The first kappa shape index (κ1) is 13.3. The van der Waals surface area contributed by atoms with Crippen LogP contribution in [0.4, 0.5) is 11.8 Å². The molecule has 18 heavy (non-hydrogen) atoms. The van der Waals surface area contributed by atoms with Gasteiger partial charge in [0, 0.05) is 12.6 Å². The van der Waals surface area contributed by atoms with Gasteiger partial charge in [-0.3, -0.25) is 5.43 Å². The van der Waals surface area contributed by atoms with Crippen molar-refractivity contribution in [1.29, 1.82) is 0 Å². The molecule has 2 heterocycles. The maximum atomic E-state index is 6.08. The number of hydrogen-bond donors (Lipinski definition) is 3. The number of nitrogens with zero attached hydrogens (tertiary/aromatic N) is 3. The quantitative estimate of drug-likeness (QED) is 0.565. The van der Waals surface area contributed by atoms with Crippen LogP contribution in [0.25, 0.3) is 0 Å². The molecule has 1 aliphatic rings. The van der Waals surface area contributed by atoms with E-state index in [1.54, 1.807) is 6.20 Å². The van der Waals surface area contributed by atoms with Crippen molar-refractivity contribution in [2.75, 3.05) is 30.9 Å². The number of aromatic nitrogens is 2. The van der Waals surface area contributed by atoms with Gasteiger partial charge in [-0.25, -0.2) is 10.8 Å². The fraction of sp³-hybridized carbons (Fsp3) is 0.636.